The summed E-state index contributed by atoms with van der Waals surface area (Å²) in [5.74, 6) is 1.85. The van der Waals surface area contributed by atoms with Gasteiger partial charge in [-0.05, 0) is 55.8 Å². The first-order valence-corrected chi connectivity index (χ1v) is 6.82. The molecule has 2 rings (SSSR count). The van der Waals surface area contributed by atoms with Crippen LogP contribution in [0.15, 0.2) is 48.5 Å². The van der Waals surface area contributed by atoms with Gasteiger partial charge in [0.25, 0.3) is 0 Å². The van der Waals surface area contributed by atoms with Crippen LogP contribution in [0.5, 0.6) is 11.5 Å². The van der Waals surface area contributed by atoms with Crippen LogP contribution in [0.3, 0.4) is 0 Å². The van der Waals surface area contributed by atoms with E-state index in [0.717, 1.165) is 30.9 Å². The predicted molar refractivity (Wildman–Crippen MR) is 80.0 cm³/mol. The van der Waals surface area contributed by atoms with E-state index in [0.29, 0.717) is 0 Å². The summed E-state index contributed by atoms with van der Waals surface area (Å²) in [7, 11) is 1.97. The zero-order valence-electron chi connectivity index (χ0n) is 11.6. The number of aryl methyl sites for hydroxylation is 1. The normalized spacial score (nSPS) is 10.4. The van der Waals surface area contributed by atoms with E-state index in [2.05, 4.69) is 30.4 Å². The Morgan fingerprint density at radius 3 is 2.42 bits per heavy atom. The van der Waals surface area contributed by atoms with Crippen molar-refractivity contribution in [3.63, 3.8) is 0 Å². The van der Waals surface area contributed by atoms with Gasteiger partial charge in [0.15, 0.2) is 0 Å². The van der Waals surface area contributed by atoms with Crippen molar-refractivity contribution in [3.8, 4) is 11.5 Å². The molecule has 0 spiro atoms. The largest absolute Gasteiger partial charge is 0.457 e. The molecule has 0 fully saturated rings. The standard InChI is InChI=1S/C17H21NO/c1-3-15-6-4-5-7-17(15)19-16-10-8-14(9-11-16)12-13-18-2/h4-11,18H,3,12-13H2,1-2H3. The fraction of sp³-hybridized carbons (Fsp3) is 0.294. The third-order valence-corrected chi connectivity index (χ3v) is 3.17. The zero-order chi connectivity index (χ0) is 13.5. The minimum absolute atomic E-state index is 0.897. The van der Waals surface area contributed by atoms with Gasteiger partial charge in [-0.3, -0.25) is 0 Å². The van der Waals surface area contributed by atoms with Gasteiger partial charge in [-0.25, -0.2) is 0 Å². The number of para-hydroxylation sites is 1. The molecular weight excluding hydrogens is 234 g/mol. The van der Waals surface area contributed by atoms with E-state index in [-0.39, 0.29) is 0 Å². The Balaban J connectivity index is 2.06. The molecule has 0 radical (unpaired) electrons. The number of ether oxygens (including phenoxy) is 1. The van der Waals surface area contributed by atoms with Crippen molar-refractivity contribution in [3.05, 3.63) is 59.7 Å². The molecule has 2 aromatic rings. The Bertz CT molecular complexity index is 505. The molecule has 0 unspecified atom stereocenters. The predicted octanol–water partition coefficient (Wildman–Crippen LogP) is 3.80. The molecule has 0 atom stereocenters. The lowest BCUT2D eigenvalue weighted by molar-refractivity contribution is 0.476. The summed E-state index contributed by atoms with van der Waals surface area (Å²) in [4.78, 5) is 0. The van der Waals surface area contributed by atoms with Crippen molar-refractivity contribution < 1.29 is 4.74 Å². The molecule has 0 amide bonds. The second-order valence-corrected chi connectivity index (χ2v) is 4.56. The fourth-order valence-electron chi connectivity index (χ4n) is 2.02. The second-order valence-electron chi connectivity index (χ2n) is 4.56. The number of hydrogen-bond acceptors (Lipinski definition) is 2. The van der Waals surface area contributed by atoms with Crippen molar-refractivity contribution in [1.29, 1.82) is 0 Å². The Labute approximate surface area is 115 Å². The lowest BCUT2D eigenvalue weighted by Crippen LogP contribution is -2.10. The van der Waals surface area contributed by atoms with Crippen LogP contribution < -0.4 is 10.1 Å². The van der Waals surface area contributed by atoms with Gasteiger partial charge >= 0.3 is 0 Å². The first-order chi connectivity index (χ1) is 9.33. The van der Waals surface area contributed by atoms with Crippen molar-refractivity contribution in [1.82, 2.24) is 5.32 Å². The van der Waals surface area contributed by atoms with Gasteiger partial charge < -0.3 is 10.1 Å². The number of likely N-dealkylation sites (N-methyl/N-ethyl adjacent to an activating group) is 1. The molecule has 0 aliphatic rings. The van der Waals surface area contributed by atoms with E-state index < -0.39 is 0 Å². The highest BCUT2D eigenvalue weighted by Gasteiger charge is 2.02. The van der Waals surface area contributed by atoms with Gasteiger partial charge in [0.2, 0.25) is 0 Å². The summed E-state index contributed by atoms with van der Waals surface area (Å²) in [6.45, 7) is 3.14. The smallest absolute Gasteiger partial charge is 0.130 e. The molecule has 1 N–H and O–H groups in total. The van der Waals surface area contributed by atoms with Gasteiger partial charge in [0, 0.05) is 0 Å². The first kappa shape index (κ1) is 13.6. The molecule has 0 saturated carbocycles. The average molecular weight is 255 g/mol. The number of benzene rings is 2. The van der Waals surface area contributed by atoms with Gasteiger partial charge in [-0.2, -0.15) is 0 Å². The topological polar surface area (TPSA) is 21.3 Å². The molecule has 2 heteroatoms. The third-order valence-electron chi connectivity index (χ3n) is 3.17. The number of rotatable bonds is 6. The van der Waals surface area contributed by atoms with Gasteiger partial charge in [0.05, 0.1) is 0 Å². The van der Waals surface area contributed by atoms with E-state index in [9.17, 15) is 0 Å². The minimum Gasteiger partial charge on any atom is -0.457 e. The number of nitrogens with one attached hydrogen (secondary N) is 1. The molecular formula is C17H21NO. The summed E-state index contributed by atoms with van der Waals surface area (Å²) in [6, 6.07) is 16.5. The quantitative estimate of drug-likeness (QED) is 0.847. The Morgan fingerprint density at radius 1 is 1.00 bits per heavy atom. The van der Waals surface area contributed by atoms with Crippen molar-refractivity contribution >= 4 is 0 Å². The molecule has 0 bridgehead atoms. The lowest BCUT2D eigenvalue weighted by atomic mass is 10.1. The average Bonchev–Trinajstić information content (AvgIpc) is 2.47. The van der Waals surface area contributed by atoms with Crippen molar-refractivity contribution in [2.75, 3.05) is 13.6 Å². The maximum absolute atomic E-state index is 5.94. The van der Waals surface area contributed by atoms with Crippen LogP contribution in [0.25, 0.3) is 0 Å². The van der Waals surface area contributed by atoms with E-state index in [4.69, 9.17) is 4.74 Å². The third kappa shape index (κ3) is 3.83. The van der Waals surface area contributed by atoms with Crippen LogP contribution in [0.4, 0.5) is 0 Å². The van der Waals surface area contributed by atoms with Crippen LogP contribution in [0.2, 0.25) is 0 Å². The van der Waals surface area contributed by atoms with Gasteiger partial charge in [-0.15, -0.1) is 0 Å². The molecule has 0 saturated heterocycles. The van der Waals surface area contributed by atoms with Crippen molar-refractivity contribution in [2.45, 2.75) is 19.8 Å². The van der Waals surface area contributed by atoms with E-state index in [1.165, 1.54) is 11.1 Å². The molecule has 2 aromatic carbocycles. The van der Waals surface area contributed by atoms with Crippen LogP contribution in [0.1, 0.15) is 18.1 Å². The zero-order valence-corrected chi connectivity index (χ0v) is 11.6. The highest BCUT2D eigenvalue weighted by atomic mass is 16.5. The van der Waals surface area contributed by atoms with Crippen LogP contribution in [-0.2, 0) is 12.8 Å². The summed E-state index contributed by atoms with van der Waals surface area (Å²) in [5.41, 5.74) is 2.56. The summed E-state index contributed by atoms with van der Waals surface area (Å²) >= 11 is 0. The second kappa shape index (κ2) is 6.95. The molecule has 0 aliphatic carbocycles. The van der Waals surface area contributed by atoms with Gasteiger partial charge in [-0.1, -0.05) is 37.3 Å². The van der Waals surface area contributed by atoms with E-state index >= 15 is 0 Å². The summed E-state index contributed by atoms with van der Waals surface area (Å²) in [5, 5.41) is 3.15. The molecule has 2 nitrogen and oxygen atoms in total. The monoisotopic (exact) mass is 255 g/mol. The Kier molecular flexibility index (Phi) is 4.99. The van der Waals surface area contributed by atoms with Crippen molar-refractivity contribution in [2.24, 2.45) is 0 Å². The van der Waals surface area contributed by atoms with Gasteiger partial charge in [0.1, 0.15) is 11.5 Å². The molecule has 0 aliphatic heterocycles. The summed E-state index contributed by atoms with van der Waals surface area (Å²) < 4.78 is 5.94. The highest BCUT2D eigenvalue weighted by molar-refractivity contribution is 5.38. The maximum Gasteiger partial charge on any atom is 0.130 e. The summed E-state index contributed by atoms with van der Waals surface area (Å²) in [6.07, 6.45) is 2.03. The number of hydrogen-bond donors (Lipinski definition) is 1. The van der Waals surface area contributed by atoms with Crippen LogP contribution >= 0.6 is 0 Å². The first-order valence-electron chi connectivity index (χ1n) is 6.82. The Hall–Kier alpha value is -1.80. The van der Waals surface area contributed by atoms with E-state index in [1.807, 2.05) is 37.4 Å². The highest BCUT2D eigenvalue weighted by Crippen LogP contribution is 2.25. The molecule has 100 valence electrons. The fourth-order valence-corrected chi connectivity index (χ4v) is 2.02. The molecule has 0 aromatic heterocycles. The molecule has 0 heterocycles. The minimum atomic E-state index is 0.897. The van der Waals surface area contributed by atoms with Crippen LogP contribution in [-0.4, -0.2) is 13.6 Å². The maximum atomic E-state index is 5.94. The Morgan fingerprint density at radius 2 is 1.74 bits per heavy atom. The molecule has 19 heavy (non-hydrogen) atoms. The van der Waals surface area contributed by atoms with E-state index in [1.54, 1.807) is 0 Å². The lowest BCUT2D eigenvalue weighted by Gasteiger charge is -2.10. The SMILES string of the molecule is CCc1ccccc1Oc1ccc(CCNC)cc1. The van der Waals surface area contributed by atoms with Crippen LogP contribution in [0, 0.1) is 0 Å².